The molecule has 24 heavy (non-hydrogen) atoms. The molecule has 4 nitrogen and oxygen atoms in total. The van der Waals surface area contributed by atoms with E-state index in [2.05, 4.69) is 4.72 Å². The number of rotatable bonds is 4. The molecule has 0 aromatic heterocycles. The van der Waals surface area contributed by atoms with Crippen molar-refractivity contribution >= 4 is 15.7 Å². The Kier molecular flexibility index (Phi) is 6.62. The minimum absolute atomic E-state index is 0. The molecule has 0 spiro atoms. The van der Waals surface area contributed by atoms with Crippen molar-refractivity contribution in [1.82, 2.24) is 0 Å². The van der Waals surface area contributed by atoms with Gasteiger partial charge in [0.05, 0.1) is 4.90 Å². The monoisotopic (exact) mass is 363 g/mol. The van der Waals surface area contributed by atoms with Crippen molar-refractivity contribution in [1.29, 1.82) is 0 Å². The Morgan fingerprint density at radius 2 is 1.25 bits per heavy atom. The maximum Gasteiger partial charge on any atom is 1.00 e. The van der Waals surface area contributed by atoms with Gasteiger partial charge in [0.25, 0.3) is 10.0 Å². The number of nitrogens with one attached hydrogen (secondary N) is 1. The summed E-state index contributed by atoms with van der Waals surface area (Å²) in [7, 11) is -3.68. The molecule has 6 heteroatoms. The molecular formula is C18H14KNO3S. The first-order valence-electron chi connectivity index (χ1n) is 7.00. The average Bonchev–Trinajstić information content (AvgIpc) is 2.58. The normalized spacial score (nSPS) is 10.7. The summed E-state index contributed by atoms with van der Waals surface area (Å²) >= 11 is 0. The van der Waals surface area contributed by atoms with E-state index in [1.54, 1.807) is 24.3 Å². The first-order valence-corrected chi connectivity index (χ1v) is 8.48. The fraction of sp³-hybridized carbons (Fsp3) is 0. The second-order valence-corrected chi connectivity index (χ2v) is 6.70. The van der Waals surface area contributed by atoms with Crippen LogP contribution < -0.4 is 61.2 Å². The van der Waals surface area contributed by atoms with E-state index in [4.69, 9.17) is 0 Å². The van der Waals surface area contributed by atoms with Gasteiger partial charge in [0.2, 0.25) is 0 Å². The van der Waals surface area contributed by atoms with Crippen LogP contribution in [0.3, 0.4) is 0 Å². The molecule has 3 rings (SSSR count). The van der Waals surface area contributed by atoms with Gasteiger partial charge < -0.3 is 5.11 Å². The summed E-state index contributed by atoms with van der Waals surface area (Å²) in [5.74, 6) is -0.167. The Hall–Kier alpha value is -1.15. The second-order valence-electron chi connectivity index (χ2n) is 5.02. The zero-order valence-electron chi connectivity index (χ0n) is 13.1. The summed E-state index contributed by atoms with van der Waals surface area (Å²) in [4.78, 5) is 0.170. The maximum atomic E-state index is 12.3. The first-order chi connectivity index (χ1) is 11.0. The Labute approximate surface area is 184 Å². The van der Waals surface area contributed by atoms with E-state index in [1.807, 2.05) is 30.3 Å². The van der Waals surface area contributed by atoms with Crippen LogP contribution in [0, 0.1) is 0 Å². The number of anilines is 1. The Balaban J connectivity index is 0.00000208. The molecule has 0 aliphatic carbocycles. The van der Waals surface area contributed by atoms with Gasteiger partial charge in [-0.3, -0.25) is 4.72 Å². The molecule has 3 aromatic rings. The van der Waals surface area contributed by atoms with Crippen molar-refractivity contribution in [2.24, 2.45) is 0 Å². The minimum Gasteiger partial charge on any atom is -0.872 e. The van der Waals surface area contributed by atoms with Crippen molar-refractivity contribution in [3.8, 4) is 16.9 Å². The van der Waals surface area contributed by atoms with Crippen LogP contribution in [-0.2, 0) is 10.0 Å². The zero-order chi connectivity index (χ0) is 16.3. The molecule has 0 atom stereocenters. The molecule has 116 valence electrons. The van der Waals surface area contributed by atoms with Gasteiger partial charge in [-0.1, -0.05) is 54.6 Å². The second kappa shape index (κ2) is 8.29. The topological polar surface area (TPSA) is 69.2 Å². The molecule has 0 saturated carbocycles. The SMILES string of the molecule is O=S(=O)(Nc1ccc([O-])cc1)c1ccc(-c2ccccc2)cc1.[K+]. The van der Waals surface area contributed by atoms with Gasteiger partial charge in [-0.05, 0) is 35.4 Å². The third-order valence-corrected chi connectivity index (χ3v) is 4.78. The molecule has 0 fully saturated rings. The van der Waals surface area contributed by atoms with Crippen LogP contribution in [0.5, 0.6) is 5.75 Å². The van der Waals surface area contributed by atoms with Crippen LogP contribution in [0.1, 0.15) is 0 Å². The van der Waals surface area contributed by atoms with E-state index in [0.717, 1.165) is 11.1 Å². The van der Waals surface area contributed by atoms with Crippen molar-refractivity contribution in [3.63, 3.8) is 0 Å². The van der Waals surface area contributed by atoms with Crippen molar-refractivity contribution < 1.29 is 64.9 Å². The molecule has 1 N–H and O–H groups in total. The number of benzene rings is 3. The van der Waals surface area contributed by atoms with Crippen LogP contribution in [0.15, 0.2) is 83.8 Å². The quantitative estimate of drug-likeness (QED) is 0.675. The average molecular weight is 363 g/mol. The van der Waals surface area contributed by atoms with Crippen molar-refractivity contribution in [2.45, 2.75) is 4.90 Å². The van der Waals surface area contributed by atoms with Gasteiger partial charge in [0.15, 0.2) is 0 Å². The van der Waals surface area contributed by atoms with Crippen LogP contribution in [0.4, 0.5) is 5.69 Å². The Bertz CT molecular complexity index is 893. The largest absolute Gasteiger partial charge is 1.00 e. The number of sulfonamides is 1. The van der Waals surface area contributed by atoms with Crippen LogP contribution in [0.2, 0.25) is 0 Å². The molecule has 0 radical (unpaired) electrons. The molecule has 0 heterocycles. The molecule has 0 amide bonds. The molecule has 0 aliphatic heterocycles. The van der Waals surface area contributed by atoms with E-state index in [1.165, 1.54) is 24.3 Å². The van der Waals surface area contributed by atoms with Gasteiger partial charge in [-0.25, -0.2) is 8.42 Å². The molecule has 3 aromatic carbocycles. The fourth-order valence-electron chi connectivity index (χ4n) is 2.19. The van der Waals surface area contributed by atoms with E-state index in [0.29, 0.717) is 5.69 Å². The number of hydrogen-bond acceptors (Lipinski definition) is 3. The van der Waals surface area contributed by atoms with Crippen molar-refractivity contribution in [3.05, 3.63) is 78.9 Å². The van der Waals surface area contributed by atoms with E-state index in [-0.39, 0.29) is 62.0 Å². The molecule has 0 bridgehead atoms. The van der Waals surface area contributed by atoms with Crippen LogP contribution in [-0.4, -0.2) is 8.42 Å². The molecule has 0 aliphatic rings. The smallest absolute Gasteiger partial charge is 0.872 e. The summed E-state index contributed by atoms with van der Waals surface area (Å²) in [5.41, 5.74) is 2.33. The molecule has 0 saturated heterocycles. The fourth-order valence-corrected chi connectivity index (χ4v) is 3.25. The predicted octanol–water partition coefficient (Wildman–Crippen LogP) is 0.232. The van der Waals surface area contributed by atoms with Gasteiger partial charge >= 0.3 is 51.4 Å². The third kappa shape index (κ3) is 4.69. The van der Waals surface area contributed by atoms with Gasteiger partial charge in [0.1, 0.15) is 0 Å². The van der Waals surface area contributed by atoms with Gasteiger partial charge in [0, 0.05) is 5.69 Å². The van der Waals surface area contributed by atoms with E-state index >= 15 is 0 Å². The first kappa shape index (κ1) is 19.2. The molecular weight excluding hydrogens is 349 g/mol. The zero-order valence-corrected chi connectivity index (χ0v) is 17.1. The summed E-state index contributed by atoms with van der Waals surface area (Å²) < 4.78 is 27.1. The number of hydrogen-bond donors (Lipinski definition) is 1. The van der Waals surface area contributed by atoms with E-state index in [9.17, 15) is 13.5 Å². The van der Waals surface area contributed by atoms with Gasteiger partial charge in [-0.2, -0.15) is 0 Å². The van der Waals surface area contributed by atoms with E-state index < -0.39 is 10.0 Å². The minimum atomic E-state index is -3.68. The summed E-state index contributed by atoms with van der Waals surface area (Å²) in [5, 5.41) is 11.1. The van der Waals surface area contributed by atoms with Crippen LogP contribution >= 0.6 is 0 Å². The Morgan fingerprint density at radius 1 is 0.708 bits per heavy atom. The summed E-state index contributed by atoms with van der Waals surface area (Å²) in [6.45, 7) is 0. The summed E-state index contributed by atoms with van der Waals surface area (Å²) in [6.07, 6.45) is 0. The van der Waals surface area contributed by atoms with Gasteiger partial charge in [-0.15, -0.1) is 5.75 Å². The standard InChI is InChI=1S/C18H15NO3S.K/c20-17-10-8-16(9-11-17)19-23(21,22)18-12-6-15(7-13-18)14-4-2-1-3-5-14;/h1-13,19-20H;/q;+1/p-1. The molecule has 0 unspecified atom stereocenters. The maximum absolute atomic E-state index is 12.3. The predicted molar refractivity (Wildman–Crippen MR) is 88.6 cm³/mol. The van der Waals surface area contributed by atoms with Crippen molar-refractivity contribution in [2.75, 3.05) is 4.72 Å². The third-order valence-electron chi connectivity index (χ3n) is 3.38. The Morgan fingerprint density at radius 3 is 1.83 bits per heavy atom. The summed E-state index contributed by atoms with van der Waals surface area (Å²) in [6, 6.07) is 21.9. The van der Waals surface area contributed by atoms with Crippen LogP contribution in [0.25, 0.3) is 11.1 Å².